The molecule has 0 saturated carbocycles. The van der Waals surface area contributed by atoms with Crippen LogP contribution in [0.15, 0.2) is 25.3 Å². The first-order chi connectivity index (χ1) is 7.72. The summed E-state index contributed by atoms with van der Waals surface area (Å²) in [6.07, 6.45) is 6.82. The zero-order valence-electron chi connectivity index (χ0n) is 10.4. The van der Waals surface area contributed by atoms with Gasteiger partial charge >= 0.3 is 0 Å². The summed E-state index contributed by atoms with van der Waals surface area (Å²) in [7, 11) is 2.22. The Labute approximate surface area is 99.6 Å². The van der Waals surface area contributed by atoms with Crippen molar-refractivity contribution >= 4 is 0 Å². The highest BCUT2D eigenvalue weighted by atomic mass is 15.2. The van der Waals surface area contributed by atoms with Crippen molar-refractivity contribution in [3.05, 3.63) is 25.3 Å². The Kier molecular flexibility index (Phi) is 3.82. The summed E-state index contributed by atoms with van der Waals surface area (Å²) in [6, 6.07) is 0.759. The van der Waals surface area contributed by atoms with Crippen LogP contribution in [0.3, 0.4) is 0 Å². The zero-order chi connectivity index (χ0) is 11.5. The molecule has 2 aliphatic rings. The van der Waals surface area contributed by atoms with Crippen molar-refractivity contribution in [2.75, 3.05) is 33.2 Å². The van der Waals surface area contributed by atoms with Gasteiger partial charge in [0.05, 0.1) is 0 Å². The van der Waals surface area contributed by atoms with E-state index < -0.39 is 0 Å². The number of piperidine rings is 1. The van der Waals surface area contributed by atoms with Crippen LogP contribution in [0.4, 0.5) is 0 Å². The molecule has 2 saturated heterocycles. The minimum atomic E-state index is 0.655. The van der Waals surface area contributed by atoms with E-state index in [2.05, 4.69) is 42.2 Å². The average Bonchev–Trinajstić information content (AvgIpc) is 2.75. The van der Waals surface area contributed by atoms with E-state index in [1.54, 1.807) is 0 Å². The average molecular weight is 220 g/mol. The van der Waals surface area contributed by atoms with E-state index in [9.17, 15) is 0 Å². The number of hydrogen-bond acceptors (Lipinski definition) is 2. The first-order valence-corrected chi connectivity index (χ1v) is 6.40. The molecule has 90 valence electrons. The molecule has 0 amide bonds. The van der Waals surface area contributed by atoms with Crippen LogP contribution in [0, 0.1) is 11.8 Å². The molecule has 0 radical (unpaired) electrons. The minimum Gasteiger partial charge on any atom is -0.305 e. The largest absolute Gasteiger partial charge is 0.305 e. The highest BCUT2D eigenvalue weighted by molar-refractivity contribution is 4.97. The molecule has 0 aromatic carbocycles. The van der Waals surface area contributed by atoms with Crippen molar-refractivity contribution in [2.24, 2.45) is 11.8 Å². The Hall–Kier alpha value is -0.600. The van der Waals surface area contributed by atoms with Crippen LogP contribution >= 0.6 is 0 Å². The molecule has 2 heterocycles. The topological polar surface area (TPSA) is 6.48 Å². The van der Waals surface area contributed by atoms with E-state index in [0.717, 1.165) is 6.04 Å². The second-order valence-corrected chi connectivity index (χ2v) is 5.39. The van der Waals surface area contributed by atoms with Crippen LogP contribution in [0.1, 0.15) is 12.8 Å². The summed E-state index contributed by atoms with van der Waals surface area (Å²) in [4.78, 5) is 5.09. The molecule has 3 atom stereocenters. The number of hydrogen-bond donors (Lipinski definition) is 0. The lowest BCUT2D eigenvalue weighted by molar-refractivity contribution is 0.118. The van der Waals surface area contributed by atoms with E-state index >= 15 is 0 Å². The summed E-state index contributed by atoms with van der Waals surface area (Å²) in [5.41, 5.74) is 0. The monoisotopic (exact) mass is 220 g/mol. The van der Waals surface area contributed by atoms with Crippen molar-refractivity contribution < 1.29 is 0 Å². The maximum atomic E-state index is 3.96. The molecule has 2 nitrogen and oxygen atoms in total. The maximum Gasteiger partial charge on any atom is 0.0235 e. The quantitative estimate of drug-likeness (QED) is 0.671. The van der Waals surface area contributed by atoms with E-state index in [0.29, 0.717) is 11.8 Å². The molecule has 2 rings (SSSR count). The van der Waals surface area contributed by atoms with E-state index in [-0.39, 0.29) is 0 Å². The van der Waals surface area contributed by atoms with Crippen molar-refractivity contribution in [1.82, 2.24) is 9.80 Å². The molecular weight excluding hydrogens is 196 g/mol. The summed E-state index contributed by atoms with van der Waals surface area (Å²) >= 11 is 0. The van der Waals surface area contributed by atoms with Crippen molar-refractivity contribution in [2.45, 2.75) is 18.9 Å². The third kappa shape index (κ3) is 2.55. The van der Waals surface area contributed by atoms with Gasteiger partial charge in [-0.2, -0.15) is 0 Å². The normalized spacial score (nSPS) is 37.4. The van der Waals surface area contributed by atoms with Gasteiger partial charge in [-0.15, -0.1) is 13.2 Å². The molecule has 2 aliphatic heterocycles. The third-order valence-electron chi connectivity index (χ3n) is 4.09. The molecule has 16 heavy (non-hydrogen) atoms. The SMILES string of the molecule is C=CC1CC(C=C)CN(C2CCN(C)C2)C1. The predicted octanol–water partition coefficient (Wildman–Crippen LogP) is 2.00. The summed E-state index contributed by atoms with van der Waals surface area (Å²) in [6.45, 7) is 12.8. The molecule has 2 fully saturated rings. The molecule has 0 spiro atoms. The first-order valence-electron chi connectivity index (χ1n) is 6.40. The van der Waals surface area contributed by atoms with Crippen LogP contribution in [0.2, 0.25) is 0 Å². The lowest BCUT2D eigenvalue weighted by Crippen LogP contribution is -2.46. The smallest absolute Gasteiger partial charge is 0.0235 e. The third-order valence-corrected chi connectivity index (χ3v) is 4.09. The van der Waals surface area contributed by atoms with Crippen molar-refractivity contribution in [3.63, 3.8) is 0 Å². The number of rotatable bonds is 3. The van der Waals surface area contributed by atoms with Gasteiger partial charge in [0.2, 0.25) is 0 Å². The fourth-order valence-electron chi connectivity index (χ4n) is 3.06. The first kappa shape index (κ1) is 11.9. The van der Waals surface area contributed by atoms with Crippen LogP contribution in [0.5, 0.6) is 0 Å². The van der Waals surface area contributed by atoms with E-state index in [4.69, 9.17) is 0 Å². The number of likely N-dealkylation sites (tertiary alicyclic amines) is 2. The molecule has 0 aromatic heterocycles. The highest BCUT2D eigenvalue weighted by Gasteiger charge is 2.31. The zero-order valence-corrected chi connectivity index (χ0v) is 10.4. The van der Waals surface area contributed by atoms with E-state index in [1.807, 2.05) is 0 Å². The fraction of sp³-hybridized carbons (Fsp3) is 0.714. The van der Waals surface area contributed by atoms with Gasteiger partial charge in [-0.3, -0.25) is 4.90 Å². The maximum absolute atomic E-state index is 3.96. The van der Waals surface area contributed by atoms with Gasteiger partial charge in [-0.25, -0.2) is 0 Å². The lowest BCUT2D eigenvalue weighted by atomic mass is 9.88. The fourth-order valence-corrected chi connectivity index (χ4v) is 3.06. The summed E-state index contributed by atoms with van der Waals surface area (Å²) in [5.74, 6) is 1.31. The Morgan fingerprint density at radius 1 is 1.06 bits per heavy atom. The van der Waals surface area contributed by atoms with Gasteiger partial charge in [0.15, 0.2) is 0 Å². The van der Waals surface area contributed by atoms with Crippen LogP contribution < -0.4 is 0 Å². The Morgan fingerprint density at radius 3 is 2.12 bits per heavy atom. The number of likely N-dealkylation sites (N-methyl/N-ethyl adjacent to an activating group) is 1. The second-order valence-electron chi connectivity index (χ2n) is 5.39. The van der Waals surface area contributed by atoms with Gasteiger partial charge in [-0.1, -0.05) is 12.2 Å². The van der Waals surface area contributed by atoms with Crippen LogP contribution in [0.25, 0.3) is 0 Å². The van der Waals surface area contributed by atoms with Crippen molar-refractivity contribution in [3.8, 4) is 0 Å². The van der Waals surface area contributed by atoms with Crippen LogP contribution in [-0.4, -0.2) is 49.1 Å². The summed E-state index contributed by atoms with van der Waals surface area (Å²) < 4.78 is 0. The molecule has 2 heteroatoms. The van der Waals surface area contributed by atoms with Gasteiger partial charge in [0.1, 0.15) is 0 Å². The number of nitrogens with zero attached hydrogens (tertiary/aromatic N) is 2. The molecule has 3 unspecified atom stereocenters. The van der Waals surface area contributed by atoms with Gasteiger partial charge < -0.3 is 4.90 Å². The highest BCUT2D eigenvalue weighted by Crippen LogP contribution is 2.27. The van der Waals surface area contributed by atoms with Crippen molar-refractivity contribution in [1.29, 1.82) is 0 Å². The van der Waals surface area contributed by atoms with E-state index in [1.165, 1.54) is 39.0 Å². The Morgan fingerprint density at radius 2 is 1.69 bits per heavy atom. The van der Waals surface area contributed by atoms with Crippen LogP contribution in [-0.2, 0) is 0 Å². The van der Waals surface area contributed by atoms with Gasteiger partial charge in [0, 0.05) is 25.7 Å². The standard InChI is InChI=1S/C14H24N2/c1-4-12-8-13(5-2)10-16(9-12)14-6-7-15(3)11-14/h4-5,12-14H,1-2,6-11H2,3H3. The molecule has 0 aromatic rings. The van der Waals surface area contributed by atoms with Gasteiger partial charge in [0.25, 0.3) is 0 Å². The minimum absolute atomic E-state index is 0.655. The Bertz CT molecular complexity index is 245. The lowest BCUT2D eigenvalue weighted by Gasteiger charge is -2.39. The molecule has 0 aliphatic carbocycles. The van der Waals surface area contributed by atoms with Gasteiger partial charge in [-0.05, 0) is 38.3 Å². The molecule has 0 bridgehead atoms. The molecule has 0 N–H and O–H groups in total. The molecular formula is C14H24N2. The summed E-state index contributed by atoms with van der Waals surface area (Å²) in [5, 5.41) is 0. The predicted molar refractivity (Wildman–Crippen MR) is 69.5 cm³/mol. The Balaban J connectivity index is 1.97. The second kappa shape index (κ2) is 5.15.